The number of rotatable bonds is 12. The molecule has 1 N–H and O–H groups in total. The maximum atomic E-state index is 13.8. The van der Waals surface area contributed by atoms with Crippen molar-refractivity contribution in [3.05, 3.63) is 71.3 Å². The lowest BCUT2D eigenvalue weighted by atomic mass is 10.1. The Morgan fingerprint density at radius 1 is 0.763 bits per heavy atom. The Balaban J connectivity index is 1.85. The summed E-state index contributed by atoms with van der Waals surface area (Å²) in [4.78, 5) is 13.0. The van der Waals surface area contributed by atoms with Crippen molar-refractivity contribution in [2.45, 2.75) is 25.2 Å². The number of carbonyl (C=O) groups excluding carboxylic acids is 1. The topological polar surface area (TPSA) is 103 Å². The minimum absolute atomic E-state index is 0.0209. The Morgan fingerprint density at radius 3 is 1.89 bits per heavy atom. The molecule has 0 fully saturated rings. The Bertz CT molecular complexity index is 1370. The van der Waals surface area contributed by atoms with Gasteiger partial charge in [0, 0.05) is 12.6 Å². The molecule has 3 aromatic carbocycles. The number of ether oxygens (including phenoxy) is 4. The van der Waals surface area contributed by atoms with Crippen LogP contribution < -0.4 is 28.6 Å². The molecule has 0 saturated carbocycles. The molecule has 0 aliphatic carbocycles. The number of carbonyl (C=O) groups is 1. The van der Waals surface area contributed by atoms with Crippen molar-refractivity contribution < 1.29 is 32.2 Å². The highest BCUT2D eigenvalue weighted by Gasteiger charge is 2.28. The first-order chi connectivity index (χ1) is 18.1. The fourth-order valence-corrected chi connectivity index (χ4v) is 5.50. The van der Waals surface area contributed by atoms with Gasteiger partial charge in [-0.05, 0) is 73.4 Å². The molecule has 0 aliphatic heterocycles. The largest absolute Gasteiger partial charge is 0.493 e. The fourth-order valence-electron chi connectivity index (χ4n) is 4.08. The summed E-state index contributed by atoms with van der Waals surface area (Å²) in [5.74, 6) is 1.45. The van der Waals surface area contributed by atoms with Crippen molar-refractivity contribution in [3.8, 4) is 23.0 Å². The normalized spacial score (nSPS) is 11.0. The second kappa shape index (κ2) is 12.6. The van der Waals surface area contributed by atoms with Crippen molar-refractivity contribution in [2.24, 2.45) is 0 Å². The van der Waals surface area contributed by atoms with Crippen LogP contribution in [0.25, 0.3) is 0 Å². The second-order valence-corrected chi connectivity index (χ2v) is 10.5. The Hall–Kier alpha value is -3.92. The molecule has 0 unspecified atom stereocenters. The van der Waals surface area contributed by atoms with E-state index in [0.29, 0.717) is 35.9 Å². The number of aryl methyl sites for hydroxylation is 2. The third kappa shape index (κ3) is 6.69. The van der Waals surface area contributed by atoms with Gasteiger partial charge in [0.25, 0.3) is 10.0 Å². The summed E-state index contributed by atoms with van der Waals surface area (Å²) in [7, 11) is 1.90. The van der Waals surface area contributed by atoms with E-state index in [0.717, 1.165) is 21.0 Å². The summed E-state index contributed by atoms with van der Waals surface area (Å²) in [6.07, 6.45) is 0.526. The number of benzene rings is 3. The molecule has 38 heavy (non-hydrogen) atoms. The molecule has 0 saturated heterocycles. The van der Waals surface area contributed by atoms with Crippen molar-refractivity contribution in [1.82, 2.24) is 5.32 Å². The predicted molar refractivity (Wildman–Crippen MR) is 146 cm³/mol. The first-order valence-electron chi connectivity index (χ1n) is 11.9. The van der Waals surface area contributed by atoms with Gasteiger partial charge >= 0.3 is 0 Å². The third-order valence-electron chi connectivity index (χ3n) is 5.91. The summed E-state index contributed by atoms with van der Waals surface area (Å²) in [6, 6.07) is 15.3. The van der Waals surface area contributed by atoms with Gasteiger partial charge in [0.2, 0.25) is 5.91 Å². The minimum atomic E-state index is -4.13. The Kier molecular flexibility index (Phi) is 9.46. The van der Waals surface area contributed by atoms with Crippen molar-refractivity contribution >= 4 is 21.6 Å². The van der Waals surface area contributed by atoms with Gasteiger partial charge in [-0.15, -0.1) is 0 Å². The SMILES string of the molecule is COc1ccc(CCNC(=O)CN(c2cc(C)cc(C)c2)S(=O)(=O)c2ccc(OC)c(OC)c2)cc1OC. The number of hydrogen-bond acceptors (Lipinski definition) is 7. The summed E-state index contributed by atoms with van der Waals surface area (Å²) in [5, 5.41) is 2.83. The number of methoxy groups -OCH3 is 4. The van der Waals surface area contributed by atoms with Gasteiger partial charge in [0.15, 0.2) is 23.0 Å². The Morgan fingerprint density at radius 2 is 1.32 bits per heavy atom. The van der Waals surface area contributed by atoms with Crippen LogP contribution in [-0.2, 0) is 21.2 Å². The lowest BCUT2D eigenvalue weighted by molar-refractivity contribution is -0.119. The number of nitrogens with zero attached hydrogens (tertiary/aromatic N) is 1. The van der Waals surface area contributed by atoms with Crippen LogP contribution in [0.15, 0.2) is 59.5 Å². The standard InChI is InChI=1S/C28H34N2O7S/c1-19-13-20(2)15-22(14-19)30(38(32,33)23-8-10-25(35-4)27(17-23)37-6)18-28(31)29-12-11-21-7-9-24(34-3)26(16-21)36-5/h7-10,13-17H,11-12,18H2,1-6H3,(H,29,31). The molecule has 0 bridgehead atoms. The molecule has 0 aromatic heterocycles. The second-order valence-electron chi connectivity index (χ2n) is 8.66. The highest BCUT2D eigenvalue weighted by molar-refractivity contribution is 7.92. The van der Waals surface area contributed by atoms with Gasteiger partial charge in [-0.1, -0.05) is 12.1 Å². The number of anilines is 1. The lowest BCUT2D eigenvalue weighted by Crippen LogP contribution is -2.41. The molecule has 0 heterocycles. The summed E-state index contributed by atoms with van der Waals surface area (Å²) >= 11 is 0. The molecule has 0 atom stereocenters. The zero-order valence-electron chi connectivity index (χ0n) is 22.5. The van der Waals surface area contributed by atoms with Gasteiger partial charge in [-0.2, -0.15) is 0 Å². The van der Waals surface area contributed by atoms with E-state index in [-0.39, 0.29) is 10.6 Å². The summed E-state index contributed by atoms with van der Waals surface area (Å²) < 4.78 is 49.9. The zero-order valence-corrected chi connectivity index (χ0v) is 23.3. The fraction of sp³-hybridized carbons (Fsp3) is 0.321. The minimum Gasteiger partial charge on any atom is -0.493 e. The quantitative estimate of drug-likeness (QED) is 0.370. The number of sulfonamides is 1. The third-order valence-corrected chi connectivity index (χ3v) is 7.68. The van der Waals surface area contributed by atoms with Crippen molar-refractivity contribution in [2.75, 3.05) is 45.8 Å². The summed E-state index contributed by atoms with van der Waals surface area (Å²) in [6.45, 7) is 3.67. The van der Waals surface area contributed by atoms with Crippen molar-refractivity contribution in [3.63, 3.8) is 0 Å². The maximum Gasteiger partial charge on any atom is 0.264 e. The van der Waals surface area contributed by atoms with E-state index < -0.39 is 22.5 Å². The van der Waals surface area contributed by atoms with Gasteiger partial charge < -0.3 is 24.3 Å². The van der Waals surface area contributed by atoms with Gasteiger partial charge in [-0.25, -0.2) is 8.42 Å². The molecule has 0 radical (unpaired) electrons. The molecule has 0 aliphatic rings. The molecule has 204 valence electrons. The molecule has 9 nitrogen and oxygen atoms in total. The van der Waals surface area contributed by atoms with Crippen LogP contribution >= 0.6 is 0 Å². The van der Waals surface area contributed by atoms with Gasteiger partial charge in [0.1, 0.15) is 6.54 Å². The molecule has 3 aromatic rings. The average molecular weight is 543 g/mol. The number of nitrogens with one attached hydrogen (secondary N) is 1. The number of hydrogen-bond donors (Lipinski definition) is 1. The predicted octanol–water partition coefficient (Wildman–Crippen LogP) is 3.89. The number of amides is 1. The molecular weight excluding hydrogens is 508 g/mol. The molecule has 0 spiro atoms. The van der Waals surface area contributed by atoms with Crippen LogP contribution in [0.2, 0.25) is 0 Å². The van der Waals surface area contributed by atoms with E-state index in [1.165, 1.54) is 32.4 Å². The smallest absolute Gasteiger partial charge is 0.264 e. The first kappa shape index (κ1) is 28.6. The summed E-state index contributed by atoms with van der Waals surface area (Å²) in [5.41, 5.74) is 3.09. The van der Waals surface area contributed by atoms with Gasteiger partial charge in [-0.3, -0.25) is 9.10 Å². The van der Waals surface area contributed by atoms with Crippen LogP contribution in [0.3, 0.4) is 0 Å². The van der Waals surface area contributed by atoms with Crippen LogP contribution in [0.1, 0.15) is 16.7 Å². The molecule has 10 heteroatoms. The highest BCUT2D eigenvalue weighted by Crippen LogP contribution is 2.33. The lowest BCUT2D eigenvalue weighted by Gasteiger charge is -2.25. The van der Waals surface area contributed by atoms with E-state index in [4.69, 9.17) is 18.9 Å². The Labute approximate surface area is 224 Å². The monoisotopic (exact) mass is 542 g/mol. The molecular formula is C28H34N2O7S. The van der Waals surface area contributed by atoms with E-state index >= 15 is 0 Å². The van der Waals surface area contributed by atoms with Crippen LogP contribution in [0.5, 0.6) is 23.0 Å². The van der Waals surface area contributed by atoms with E-state index in [1.807, 2.05) is 32.0 Å². The van der Waals surface area contributed by atoms with E-state index in [1.54, 1.807) is 32.4 Å². The van der Waals surface area contributed by atoms with E-state index in [2.05, 4.69) is 5.32 Å². The van der Waals surface area contributed by atoms with Crippen LogP contribution in [0, 0.1) is 13.8 Å². The van der Waals surface area contributed by atoms with E-state index in [9.17, 15) is 13.2 Å². The van der Waals surface area contributed by atoms with Crippen LogP contribution in [-0.4, -0.2) is 55.9 Å². The molecule has 3 rings (SSSR count). The maximum absolute atomic E-state index is 13.8. The van der Waals surface area contributed by atoms with Crippen LogP contribution in [0.4, 0.5) is 5.69 Å². The first-order valence-corrected chi connectivity index (χ1v) is 13.4. The molecule has 1 amide bonds. The van der Waals surface area contributed by atoms with Gasteiger partial charge in [0.05, 0.1) is 39.0 Å². The zero-order chi connectivity index (χ0) is 27.9. The highest BCUT2D eigenvalue weighted by atomic mass is 32.2. The van der Waals surface area contributed by atoms with Crippen molar-refractivity contribution in [1.29, 1.82) is 0 Å². The average Bonchev–Trinajstić information content (AvgIpc) is 2.90.